The lowest BCUT2D eigenvalue weighted by Gasteiger charge is -2.14. The molecule has 5 nitrogen and oxygen atoms in total. The van der Waals surface area contributed by atoms with Crippen molar-refractivity contribution in [1.82, 2.24) is 9.78 Å². The third-order valence-corrected chi connectivity index (χ3v) is 5.66. The average Bonchev–Trinajstić information content (AvgIpc) is 2.71. The topological polar surface area (TPSA) is 64.0 Å². The molecule has 1 aromatic heterocycles. The Morgan fingerprint density at radius 1 is 1.06 bits per heavy atom. The normalized spacial score (nSPS) is 12.5. The standard InChI is InChI=1S/C22H20F3N3O2S/c1-13-7-8-18(11-14(13)2)28-20(29)10-9-19(27-28)31-15(3)21(30)26-17-6-4-5-16(12-17)22(23,24)25/h4-12,15H,1-3H3,(H,26,30). The van der Waals surface area contributed by atoms with Crippen molar-refractivity contribution in [2.45, 2.75) is 37.2 Å². The van der Waals surface area contributed by atoms with Crippen LogP contribution in [0.1, 0.15) is 23.6 Å². The van der Waals surface area contributed by atoms with Gasteiger partial charge in [0.25, 0.3) is 5.56 Å². The third kappa shape index (κ3) is 5.55. The maximum atomic E-state index is 12.9. The van der Waals surface area contributed by atoms with Crippen molar-refractivity contribution in [2.24, 2.45) is 0 Å². The number of carbonyl (C=O) groups is 1. The van der Waals surface area contributed by atoms with E-state index in [1.165, 1.54) is 28.9 Å². The number of benzene rings is 2. The molecule has 31 heavy (non-hydrogen) atoms. The fourth-order valence-electron chi connectivity index (χ4n) is 2.75. The van der Waals surface area contributed by atoms with Gasteiger partial charge in [-0.3, -0.25) is 9.59 Å². The first-order chi connectivity index (χ1) is 14.5. The van der Waals surface area contributed by atoms with Gasteiger partial charge in [-0.05, 0) is 68.3 Å². The van der Waals surface area contributed by atoms with Gasteiger partial charge in [0.15, 0.2) is 0 Å². The Labute approximate surface area is 181 Å². The highest BCUT2D eigenvalue weighted by Gasteiger charge is 2.30. The molecule has 1 amide bonds. The van der Waals surface area contributed by atoms with Gasteiger partial charge < -0.3 is 5.32 Å². The zero-order valence-corrected chi connectivity index (χ0v) is 17.8. The quantitative estimate of drug-likeness (QED) is 0.560. The van der Waals surface area contributed by atoms with E-state index in [-0.39, 0.29) is 11.2 Å². The summed E-state index contributed by atoms with van der Waals surface area (Å²) in [5, 5.41) is 6.59. The fourth-order valence-corrected chi connectivity index (χ4v) is 3.55. The summed E-state index contributed by atoms with van der Waals surface area (Å²) in [7, 11) is 0. The van der Waals surface area contributed by atoms with Gasteiger partial charge in [-0.1, -0.05) is 23.9 Å². The van der Waals surface area contributed by atoms with Crippen molar-refractivity contribution in [3.63, 3.8) is 0 Å². The summed E-state index contributed by atoms with van der Waals surface area (Å²) in [5.74, 6) is -0.477. The zero-order chi connectivity index (χ0) is 22.8. The number of hydrogen-bond donors (Lipinski definition) is 1. The van der Waals surface area contributed by atoms with Crippen LogP contribution in [0.25, 0.3) is 5.69 Å². The molecule has 0 spiro atoms. The largest absolute Gasteiger partial charge is 0.416 e. The number of thioether (sulfide) groups is 1. The van der Waals surface area contributed by atoms with Crippen molar-refractivity contribution in [3.8, 4) is 5.69 Å². The number of halogens is 3. The van der Waals surface area contributed by atoms with Crippen molar-refractivity contribution in [2.75, 3.05) is 5.32 Å². The molecule has 2 aromatic carbocycles. The Bertz CT molecular complexity index is 1180. The van der Waals surface area contributed by atoms with Gasteiger partial charge in [-0.2, -0.15) is 23.0 Å². The lowest BCUT2D eigenvalue weighted by Crippen LogP contribution is -2.24. The number of amides is 1. The van der Waals surface area contributed by atoms with Crippen LogP contribution in [0.2, 0.25) is 0 Å². The summed E-state index contributed by atoms with van der Waals surface area (Å²) in [6.07, 6.45) is -4.49. The third-order valence-electron chi connectivity index (χ3n) is 4.64. The molecule has 0 saturated carbocycles. The Kier molecular flexibility index (Phi) is 6.54. The first-order valence-electron chi connectivity index (χ1n) is 9.37. The van der Waals surface area contributed by atoms with Crippen LogP contribution in [0, 0.1) is 13.8 Å². The van der Waals surface area contributed by atoms with E-state index in [1.54, 1.807) is 13.0 Å². The van der Waals surface area contributed by atoms with Crippen molar-refractivity contribution >= 4 is 23.4 Å². The van der Waals surface area contributed by atoms with E-state index in [0.717, 1.165) is 35.0 Å². The number of alkyl halides is 3. The van der Waals surface area contributed by atoms with E-state index in [0.29, 0.717) is 10.7 Å². The van der Waals surface area contributed by atoms with E-state index in [9.17, 15) is 22.8 Å². The highest BCUT2D eigenvalue weighted by atomic mass is 32.2. The van der Waals surface area contributed by atoms with E-state index in [1.807, 2.05) is 26.0 Å². The van der Waals surface area contributed by atoms with Crippen LogP contribution < -0.4 is 10.9 Å². The lowest BCUT2D eigenvalue weighted by atomic mass is 10.1. The molecule has 0 aliphatic carbocycles. The zero-order valence-electron chi connectivity index (χ0n) is 17.0. The molecule has 1 unspecified atom stereocenters. The van der Waals surface area contributed by atoms with Gasteiger partial charge in [-0.15, -0.1) is 0 Å². The second-order valence-corrected chi connectivity index (χ2v) is 8.38. The van der Waals surface area contributed by atoms with E-state index in [4.69, 9.17) is 0 Å². The second-order valence-electron chi connectivity index (χ2n) is 7.02. The second kappa shape index (κ2) is 8.97. The number of hydrogen-bond acceptors (Lipinski definition) is 4. The predicted molar refractivity (Wildman–Crippen MR) is 115 cm³/mol. The van der Waals surface area contributed by atoms with Crippen LogP contribution in [0.3, 0.4) is 0 Å². The first-order valence-corrected chi connectivity index (χ1v) is 10.3. The molecule has 3 rings (SSSR count). The smallest absolute Gasteiger partial charge is 0.325 e. The number of aromatic nitrogens is 2. The minimum absolute atomic E-state index is 0.0559. The maximum Gasteiger partial charge on any atom is 0.416 e. The molecule has 1 heterocycles. The van der Waals surface area contributed by atoms with Crippen LogP contribution in [-0.2, 0) is 11.0 Å². The van der Waals surface area contributed by atoms with E-state index in [2.05, 4.69) is 10.4 Å². The summed E-state index contributed by atoms with van der Waals surface area (Å²) in [6, 6.07) is 12.8. The predicted octanol–water partition coefficient (Wildman–Crippen LogP) is 4.99. The van der Waals surface area contributed by atoms with Gasteiger partial charge in [0, 0.05) is 11.8 Å². The Hall–Kier alpha value is -3.07. The van der Waals surface area contributed by atoms with Crippen LogP contribution in [0.5, 0.6) is 0 Å². The molecular formula is C22H20F3N3O2S. The van der Waals surface area contributed by atoms with Crippen molar-refractivity contribution < 1.29 is 18.0 Å². The number of anilines is 1. The average molecular weight is 447 g/mol. The molecule has 0 aliphatic heterocycles. The first kappa shape index (κ1) is 22.6. The molecule has 0 fully saturated rings. The summed E-state index contributed by atoms with van der Waals surface area (Å²) < 4.78 is 39.8. The number of nitrogens with one attached hydrogen (secondary N) is 1. The molecule has 1 atom stereocenters. The van der Waals surface area contributed by atoms with Gasteiger partial charge in [0.1, 0.15) is 5.03 Å². The van der Waals surface area contributed by atoms with Gasteiger partial charge in [0.2, 0.25) is 5.91 Å². The summed E-state index contributed by atoms with van der Waals surface area (Å²) in [6.45, 7) is 5.51. The summed E-state index contributed by atoms with van der Waals surface area (Å²) in [5.41, 5.74) is 1.61. The Morgan fingerprint density at radius 2 is 1.81 bits per heavy atom. The van der Waals surface area contributed by atoms with Crippen LogP contribution in [0.4, 0.5) is 18.9 Å². The van der Waals surface area contributed by atoms with Crippen LogP contribution >= 0.6 is 11.8 Å². The highest BCUT2D eigenvalue weighted by Crippen LogP contribution is 2.31. The summed E-state index contributed by atoms with van der Waals surface area (Å²) in [4.78, 5) is 24.7. The fraction of sp³-hybridized carbons (Fsp3) is 0.227. The lowest BCUT2D eigenvalue weighted by molar-refractivity contribution is -0.137. The summed E-state index contributed by atoms with van der Waals surface area (Å²) >= 11 is 1.10. The molecule has 1 N–H and O–H groups in total. The molecule has 0 saturated heterocycles. The van der Waals surface area contributed by atoms with Gasteiger partial charge in [0.05, 0.1) is 16.5 Å². The SMILES string of the molecule is Cc1ccc(-n2nc(SC(C)C(=O)Nc3cccc(C(F)(F)F)c3)ccc2=O)cc1C. The molecule has 0 radical (unpaired) electrons. The molecule has 0 aliphatic rings. The maximum absolute atomic E-state index is 12.9. The number of nitrogens with zero attached hydrogens (tertiary/aromatic N) is 2. The molecule has 0 bridgehead atoms. The number of aryl methyl sites for hydroxylation is 2. The van der Waals surface area contributed by atoms with Crippen molar-refractivity contribution in [1.29, 1.82) is 0 Å². The Balaban J connectivity index is 1.76. The van der Waals surface area contributed by atoms with Crippen LogP contribution in [-0.4, -0.2) is 20.9 Å². The van der Waals surface area contributed by atoms with E-state index < -0.39 is 22.9 Å². The van der Waals surface area contributed by atoms with E-state index >= 15 is 0 Å². The highest BCUT2D eigenvalue weighted by molar-refractivity contribution is 8.00. The molecule has 3 aromatic rings. The minimum Gasteiger partial charge on any atom is -0.325 e. The monoisotopic (exact) mass is 447 g/mol. The number of carbonyl (C=O) groups excluding carboxylic acids is 1. The Morgan fingerprint density at radius 3 is 2.48 bits per heavy atom. The minimum atomic E-state index is -4.49. The molecule has 162 valence electrons. The molecular weight excluding hydrogens is 427 g/mol. The van der Waals surface area contributed by atoms with Gasteiger partial charge >= 0.3 is 6.18 Å². The van der Waals surface area contributed by atoms with Gasteiger partial charge in [-0.25, -0.2) is 0 Å². The van der Waals surface area contributed by atoms with Crippen LogP contribution in [0.15, 0.2) is 64.4 Å². The number of rotatable bonds is 5. The molecule has 9 heteroatoms. The van der Waals surface area contributed by atoms with Crippen molar-refractivity contribution in [3.05, 3.63) is 81.6 Å².